The number of thiophene rings is 1. The van der Waals surface area contributed by atoms with E-state index < -0.39 is 17.9 Å². The van der Waals surface area contributed by atoms with Crippen LogP contribution in [0, 0.1) is 13.8 Å². The highest BCUT2D eigenvalue weighted by molar-refractivity contribution is 7.15. The first-order valence-corrected chi connectivity index (χ1v) is 8.55. The molecule has 1 heterocycles. The van der Waals surface area contributed by atoms with E-state index in [0.717, 1.165) is 22.5 Å². The van der Waals surface area contributed by atoms with Gasteiger partial charge in [0.2, 0.25) is 0 Å². The van der Waals surface area contributed by atoms with Gasteiger partial charge in [0.05, 0.1) is 9.75 Å². The maximum absolute atomic E-state index is 12.1. The number of hydrogen-bond acceptors (Lipinski definition) is 5. The van der Waals surface area contributed by atoms with Gasteiger partial charge in [-0.05, 0) is 57.0 Å². The Morgan fingerprint density at radius 2 is 1.72 bits per heavy atom. The third-order valence-electron chi connectivity index (χ3n) is 3.70. The van der Waals surface area contributed by atoms with Gasteiger partial charge in [-0.15, -0.1) is 11.3 Å². The van der Waals surface area contributed by atoms with Crippen LogP contribution < -0.4 is 15.6 Å². The minimum Gasteiger partial charge on any atom is -0.481 e. The fraction of sp³-hybridized carbons (Fsp3) is 0.278. The van der Waals surface area contributed by atoms with Crippen molar-refractivity contribution in [3.8, 4) is 5.75 Å². The normalized spacial score (nSPS) is 11.5. The predicted molar refractivity (Wildman–Crippen MR) is 95.9 cm³/mol. The zero-order chi connectivity index (χ0) is 18.6. The average Bonchev–Trinajstić information content (AvgIpc) is 3.06. The van der Waals surface area contributed by atoms with Crippen molar-refractivity contribution >= 4 is 28.9 Å². The molecule has 0 saturated heterocycles. The summed E-state index contributed by atoms with van der Waals surface area (Å²) in [7, 11) is 0. The van der Waals surface area contributed by atoms with Gasteiger partial charge in [-0.25, -0.2) is 0 Å². The largest absolute Gasteiger partial charge is 0.481 e. The Balaban J connectivity index is 1.91. The highest BCUT2D eigenvalue weighted by Crippen LogP contribution is 2.21. The summed E-state index contributed by atoms with van der Waals surface area (Å²) in [6, 6.07) is 8.73. The minimum absolute atomic E-state index is 0.108. The van der Waals surface area contributed by atoms with Crippen LogP contribution in [0.3, 0.4) is 0 Å². The van der Waals surface area contributed by atoms with Crippen LogP contribution in [-0.2, 0) is 4.79 Å². The molecule has 1 atom stereocenters. The molecule has 2 amide bonds. The van der Waals surface area contributed by atoms with Crippen LogP contribution >= 0.6 is 11.3 Å². The zero-order valence-corrected chi connectivity index (χ0v) is 15.3. The number of ether oxygens (including phenoxy) is 1. The van der Waals surface area contributed by atoms with Crippen molar-refractivity contribution in [1.29, 1.82) is 0 Å². The van der Waals surface area contributed by atoms with Gasteiger partial charge in [-0.2, -0.15) is 0 Å². The van der Waals surface area contributed by atoms with Gasteiger partial charge in [-0.3, -0.25) is 25.2 Å². The van der Waals surface area contributed by atoms with Crippen LogP contribution in [0.5, 0.6) is 5.75 Å². The number of hydrazine groups is 1. The molecule has 0 bridgehead atoms. The molecule has 0 unspecified atom stereocenters. The molecule has 1 aromatic heterocycles. The number of aryl methyl sites for hydroxylation is 1. The lowest BCUT2D eigenvalue weighted by Crippen LogP contribution is -2.47. The fourth-order valence-corrected chi connectivity index (χ4v) is 2.82. The van der Waals surface area contributed by atoms with Crippen molar-refractivity contribution in [2.75, 3.05) is 0 Å². The Labute approximate surface area is 150 Å². The maximum Gasteiger partial charge on any atom is 0.279 e. The predicted octanol–water partition coefficient (Wildman–Crippen LogP) is 2.80. The van der Waals surface area contributed by atoms with Gasteiger partial charge in [0, 0.05) is 0 Å². The smallest absolute Gasteiger partial charge is 0.279 e. The van der Waals surface area contributed by atoms with E-state index in [0.29, 0.717) is 15.5 Å². The summed E-state index contributed by atoms with van der Waals surface area (Å²) < 4.78 is 5.66. The molecule has 2 rings (SSSR count). The second-order valence-electron chi connectivity index (χ2n) is 5.62. The third-order valence-corrected chi connectivity index (χ3v) is 4.89. The van der Waals surface area contributed by atoms with E-state index >= 15 is 0 Å². The summed E-state index contributed by atoms with van der Waals surface area (Å²) in [4.78, 5) is 36.2. The van der Waals surface area contributed by atoms with Gasteiger partial charge in [-0.1, -0.05) is 12.1 Å². The van der Waals surface area contributed by atoms with E-state index in [9.17, 15) is 14.4 Å². The number of Topliss-reactive ketones (excluding diaryl/α,β-unsaturated/α-hetero) is 1. The number of rotatable bonds is 5. The van der Waals surface area contributed by atoms with Crippen LogP contribution in [0.2, 0.25) is 0 Å². The third kappa shape index (κ3) is 4.67. The van der Waals surface area contributed by atoms with Gasteiger partial charge in [0.25, 0.3) is 11.8 Å². The Kier molecular flexibility index (Phi) is 5.93. The van der Waals surface area contributed by atoms with E-state index in [1.807, 2.05) is 26.0 Å². The van der Waals surface area contributed by atoms with Crippen LogP contribution in [0.15, 0.2) is 30.3 Å². The molecule has 0 aliphatic heterocycles. The molecule has 0 spiro atoms. The minimum atomic E-state index is -0.781. The van der Waals surface area contributed by atoms with Crippen molar-refractivity contribution in [3.63, 3.8) is 0 Å². The van der Waals surface area contributed by atoms with Crippen LogP contribution in [0.4, 0.5) is 0 Å². The molecule has 0 radical (unpaired) electrons. The topological polar surface area (TPSA) is 84.5 Å². The first kappa shape index (κ1) is 18.7. The fourth-order valence-electron chi connectivity index (χ4n) is 2.03. The van der Waals surface area contributed by atoms with Gasteiger partial charge in [0.1, 0.15) is 5.75 Å². The van der Waals surface area contributed by atoms with E-state index in [-0.39, 0.29) is 5.78 Å². The molecular weight excluding hydrogens is 340 g/mol. The quantitative estimate of drug-likeness (QED) is 0.634. The number of amides is 2. The number of nitrogens with one attached hydrogen (secondary N) is 2. The molecule has 7 heteroatoms. The molecule has 0 saturated carbocycles. The average molecular weight is 360 g/mol. The second kappa shape index (κ2) is 7.94. The number of ketones is 1. The van der Waals surface area contributed by atoms with E-state index in [2.05, 4.69) is 10.9 Å². The summed E-state index contributed by atoms with van der Waals surface area (Å²) >= 11 is 1.07. The summed E-state index contributed by atoms with van der Waals surface area (Å²) in [5.74, 6) is -0.440. The highest BCUT2D eigenvalue weighted by atomic mass is 32.1. The molecule has 6 nitrogen and oxygen atoms in total. The van der Waals surface area contributed by atoms with Crippen molar-refractivity contribution in [2.45, 2.75) is 33.8 Å². The summed E-state index contributed by atoms with van der Waals surface area (Å²) in [5, 5.41) is 0. The molecule has 25 heavy (non-hydrogen) atoms. The van der Waals surface area contributed by atoms with E-state index in [4.69, 9.17) is 4.74 Å². The lowest BCUT2D eigenvalue weighted by Gasteiger charge is -2.17. The molecule has 0 aliphatic carbocycles. The highest BCUT2D eigenvalue weighted by Gasteiger charge is 2.18. The molecule has 0 aliphatic rings. The van der Waals surface area contributed by atoms with Crippen molar-refractivity contribution in [3.05, 3.63) is 51.2 Å². The SMILES string of the molecule is CC(=O)c1ccc(C(=O)NNC(=O)[C@@H](C)Oc2cccc(C)c2C)s1. The summed E-state index contributed by atoms with van der Waals surface area (Å²) in [6.07, 6.45) is -0.781. The molecule has 132 valence electrons. The Morgan fingerprint density at radius 1 is 1.04 bits per heavy atom. The Bertz CT molecular complexity index is 813. The van der Waals surface area contributed by atoms with Crippen molar-refractivity contribution in [2.24, 2.45) is 0 Å². The number of benzene rings is 1. The Hall–Kier alpha value is -2.67. The maximum atomic E-state index is 12.1. The van der Waals surface area contributed by atoms with E-state index in [1.54, 1.807) is 25.1 Å². The number of hydrogen-bond donors (Lipinski definition) is 2. The first-order chi connectivity index (χ1) is 11.8. The number of carbonyl (C=O) groups excluding carboxylic acids is 3. The zero-order valence-electron chi connectivity index (χ0n) is 14.5. The first-order valence-electron chi connectivity index (χ1n) is 7.73. The van der Waals surface area contributed by atoms with Crippen LogP contribution in [-0.4, -0.2) is 23.7 Å². The molecule has 2 aromatic rings. The van der Waals surface area contributed by atoms with Gasteiger partial charge < -0.3 is 4.74 Å². The van der Waals surface area contributed by atoms with Gasteiger partial charge in [0.15, 0.2) is 11.9 Å². The monoisotopic (exact) mass is 360 g/mol. The second-order valence-corrected chi connectivity index (χ2v) is 6.71. The summed E-state index contributed by atoms with van der Waals surface area (Å²) in [6.45, 7) is 6.91. The number of carbonyl (C=O) groups is 3. The molecule has 2 N–H and O–H groups in total. The van der Waals surface area contributed by atoms with Crippen molar-refractivity contribution in [1.82, 2.24) is 10.9 Å². The van der Waals surface area contributed by atoms with E-state index in [1.165, 1.54) is 6.92 Å². The molecular formula is C18H20N2O4S. The van der Waals surface area contributed by atoms with Crippen LogP contribution in [0.1, 0.15) is 44.3 Å². The molecule has 0 fully saturated rings. The molecule has 1 aromatic carbocycles. The van der Waals surface area contributed by atoms with Crippen LogP contribution in [0.25, 0.3) is 0 Å². The summed E-state index contributed by atoms with van der Waals surface area (Å²) in [5.41, 5.74) is 6.68. The lowest BCUT2D eigenvalue weighted by molar-refractivity contribution is -0.128. The van der Waals surface area contributed by atoms with Crippen molar-refractivity contribution < 1.29 is 19.1 Å². The Morgan fingerprint density at radius 3 is 2.36 bits per heavy atom. The van der Waals surface area contributed by atoms with Gasteiger partial charge >= 0.3 is 0 Å². The standard InChI is InChI=1S/C18H20N2O4S/c1-10-6-5-7-14(11(10)2)24-13(4)17(22)19-20-18(23)16-9-8-15(25-16)12(3)21/h5-9,13H,1-4H3,(H,19,22)(H,20,23)/t13-/m1/s1. The lowest BCUT2D eigenvalue weighted by atomic mass is 10.1.